The fourth-order valence-electron chi connectivity index (χ4n) is 1.19. The molecule has 0 heterocycles. The number of hydrogen-bond donors (Lipinski definition) is 1. The van der Waals surface area contributed by atoms with Crippen LogP contribution in [0.5, 0.6) is 0 Å². The summed E-state index contributed by atoms with van der Waals surface area (Å²) >= 11 is 10.2. The molecule has 4 nitrogen and oxygen atoms in total. The van der Waals surface area contributed by atoms with Crippen molar-refractivity contribution in [3.05, 3.63) is 34.9 Å². The number of ketones is 1. The van der Waals surface area contributed by atoms with Crippen molar-refractivity contribution in [1.29, 1.82) is 0 Å². The van der Waals surface area contributed by atoms with Crippen molar-refractivity contribution in [2.75, 3.05) is 11.5 Å². The van der Waals surface area contributed by atoms with Crippen molar-refractivity contribution in [1.82, 2.24) is 0 Å². The first kappa shape index (κ1) is 14.1. The van der Waals surface area contributed by atoms with Gasteiger partial charge < -0.3 is 5.73 Å². The van der Waals surface area contributed by atoms with Crippen LogP contribution in [-0.2, 0) is 9.84 Å². The molecule has 0 saturated heterocycles. The summed E-state index contributed by atoms with van der Waals surface area (Å²) in [6.45, 7) is 0. The number of halogens is 1. The average molecular weight is 292 g/mol. The Morgan fingerprint density at radius 3 is 2.24 bits per heavy atom. The standard InChI is InChI=1S/C10H10ClNO3S2/c11-8-3-1-7(2-4-8)9(13)5-17(14,15)6-10(12)16/h1-4H,5-6H2,(H2,12,16). The van der Waals surface area contributed by atoms with E-state index in [1.807, 2.05) is 0 Å². The molecule has 0 aromatic heterocycles. The summed E-state index contributed by atoms with van der Waals surface area (Å²) in [5, 5.41) is 0.479. The molecule has 0 saturated carbocycles. The van der Waals surface area contributed by atoms with Crippen molar-refractivity contribution in [3.63, 3.8) is 0 Å². The normalized spacial score (nSPS) is 11.1. The highest BCUT2D eigenvalue weighted by Crippen LogP contribution is 2.10. The van der Waals surface area contributed by atoms with Crippen LogP contribution in [0.4, 0.5) is 0 Å². The number of hydrogen-bond acceptors (Lipinski definition) is 4. The van der Waals surface area contributed by atoms with E-state index in [-0.39, 0.29) is 4.99 Å². The van der Waals surface area contributed by atoms with Crippen LogP contribution in [-0.4, -0.2) is 30.7 Å². The number of Topliss-reactive ketones (excluding diaryl/α,β-unsaturated/α-hetero) is 1. The topological polar surface area (TPSA) is 77.2 Å². The van der Waals surface area contributed by atoms with Crippen molar-refractivity contribution in [2.24, 2.45) is 5.73 Å². The Morgan fingerprint density at radius 1 is 1.24 bits per heavy atom. The van der Waals surface area contributed by atoms with E-state index in [0.717, 1.165) is 0 Å². The van der Waals surface area contributed by atoms with E-state index in [4.69, 9.17) is 17.3 Å². The second-order valence-electron chi connectivity index (χ2n) is 3.43. The number of sulfone groups is 1. The number of carbonyl (C=O) groups is 1. The van der Waals surface area contributed by atoms with Crippen LogP contribution in [0.3, 0.4) is 0 Å². The Labute approximate surface area is 110 Å². The lowest BCUT2D eigenvalue weighted by molar-refractivity contribution is 0.102. The molecule has 0 fully saturated rings. The Morgan fingerprint density at radius 2 is 1.76 bits per heavy atom. The fraction of sp³-hybridized carbons (Fsp3) is 0.200. The molecule has 2 N–H and O–H groups in total. The molecule has 7 heteroatoms. The summed E-state index contributed by atoms with van der Waals surface area (Å²) in [6.07, 6.45) is 0. The van der Waals surface area contributed by atoms with Gasteiger partial charge in [-0.25, -0.2) is 8.42 Å². The molecule has 92 valence electrons. The SMILES string of the molecule is NC(=S)CS(=O)(=O)CC(=O)c1ccc(Cl)cc1. The van der Waals surface area contributed by atoms with Crippen LogP contribution < -0.4 is 5.73 Å². The molecule has 0 aliphatic heterocycles. The summed E-state index contributed by atoms with van der Waals surface area (Å²) in [5.41, 5.74) is 5.43. The van der Waals surface area contributed by atoms with E-state index < -0.39 is 27.1 Å². The Hall–Kier alpha value is -0.980. The van der Waals surface area contributed by atoms with Gasteiger partial charge in [0, 0.05) is 10.6 Å². The smallest absolute Gasteiger partial charge is 0.177 e. The summed E-state index contributed by atoms with van der Waals surface area (Å²) < 4.78 is 23.0. The third kappa shape index (κ3) is 4.80. The van der Waals surface area contributed by atoms with Crippen molar-refractivity contribution < 1.29 is 13.2 Å². The first-order chi connectivity index (χ1) is 7.80. The van der Waals surface area contributed by atoms with E-state index in [9.17, 15) is 13.2 Å². The first-order valence-electron chi connectivity index (χ1n) is 4.58. The summed E-state index contributed by atoms with van der Waals surface area (Å²) in [6, 6.07) is 5.99. The lowest BCUT2D eigenvalue weighted by Crippen LogP contribution is -2.26. The Kier molecular flexibility index (Phi) is 4.62. The maximum atomic E-state index is 11.6. The van der Waals surface area contributed by atoms with Gasteiger partial charge in [0.05, 0.1) is 4.99 Å². The third-order valence-corrected chi connectivity index (χ3v) is 3.91. The van der Waals surface area contributed by atoms with E-state index in [1.165, 1.54) is 24.3 Å². The van der Waals surface area contributed by atoms with Gasteiger partial charge in [0.2, 0.25) is 0 Å². The molecule has 0 amide bonds. The van der Waals surface area contributed by atoms with Crippen molar-refractivity contribution in [2.45, 2.75) is 0 Å². The first-order valence-corrected chi connectivity index (χ1v) is 7.18. The molecule has 0 radical (unpaired) electrons. The second kappa shape index (κ2) is 5.57. The van der Waals surface area contributed by atoms with Crippen LogP contribution in [0, 0.1) is 0 Å². The monoisotopic (exact) mass is 291 g/mol. The molecule has 0 unspecified atom stereocenters. The molecule has 17 heavy (non-hydrogen) atoms. The highest BCUT2D eigenvalue weighted by molar-refractivity contribution is 7.94. The van der Waals surface area contributed by atoms with Crippen LogP contribution in [0.25, 0.3) is 0 Å². The minimum atomic E-state index is -3.59. The third-order valence-electron chi connectivity index (χ3n) is 1.88. The maximum absolute atomic E-state index is 11.6. The second-order valence-corrected chi connectivity index (χ2v) is 6.45. The van der Waals surface area contributed by atoms with Crippen LogP contribution >= 0.6 is 23.8 Å². The summed E-state index contributed by atoms with van der Waals surface area (Å²) in [7, 11) is -3.59. The molecule has 1 rings (SSSR count). The van der Waals surface area contributed by atoms with Gasteiger partial charge in [-0.1, -0.05) is 23.8 Å². The van der Waals surface area contributed by atoms with Crippen LogP contribution in [0.1, 0.15) is 10.4 Å². The number of nitrogens with two attached hydrogens (primary N) is 1. The van der Waals surface area contributed by atoms with Crippen molar-refractivity contribution >= 4 is 44.4 Å². The van der Waals surface area contributed by atoms with E-state index in [0.29, 0.717) is 10.6 Å². The maximum Gasteiger partial charge on any atom is 0.177 e. The Bertz CT molecular complexity index is 537. The van der Waals surface area contributed by atoms with Gasteiger partial charge in [0.25, 0.3) is 0 Å². The van der Waals surface area contributed by atoms with Crippen LogP contribution in [0.15, 0.2) is 24.3 Å². The van der Waals surface area contributed by atoms with Gasteiger partial charge in [0.15, 0.2) is 15.6 Å². The van der Waals surface area contributed by atoms with Gasteiger partial charge in [-0.2, -0.15) is 0 Å². The van der Waals surface area contributed by atoms with Crippen LogP contribution in [0.2, 0.25) is 5.02 Å². The lowest BCUT2D eigenvalue weighted by atomic mass is 10.1. The minimum absolute atomic E-state index is 0.145. The number of carbonyl (C=O) groups excluding carboxylic acids is 1. The molecule has 1 aromatic carbocycles. The molecule has 0 spiro atoms. The quantitative estimate of drug-likeness (QED) is 0.652. The predicted molar refractivity (Wildman–Crippen MR) is 71.2 cm³/mol. The molecule has 0 atom stereocenters. The highest BCUT2D eigenvalue weighted by Gasteiger charge is 2.18. The van der Waals surface area contributed by atoms with Gasteiger partial charge in [-0.15, -0.1) is 0 Å². The summed E-state index contributed by atoms with van der Waals surface area (Å²) in [4.78, 5) is 11.5. The van der Waals surface area contributed by atoms with E-state index >= 15 is 0 Å². The zero-order chi connectivity index (χ0) is 13.1. The van der Waals surface area contributed by atoms with Gasteiger partial charge in [-0.05, 0) is 24.3 Å². The highest BCUT2D eigenvalue weighted by atomic mass is 35.5. The largest absolute Gasteiger partial charge is 0.392 e. The average Bonchev–Trinajstić information content (AvgIpc) is 2.15. The summed E-state index contributed by atoms with van der Waals surface area (Å²) in [5.74, 6) is -1.56. The van der Waals surface area contributed by atoms with E-state index in [2.05, 4.69) is 12.2 Å². The molecule has 1 aromatic rings. The van der Waals surface area contributed by atoms with E-state index in [1.54, 1.807) is 0 Å². The molecule has 0 aliphatic rings. The van der Waals surface area contributed by atoms with Gasteiger partial charge in [-0.3, -0.25) is 4.79 Å². The minimum Gasteiger partial charge on any atom is -0.392 e. The van der Waals surface area contributed by atoms with Gasteiger partial charge >= 0.3 is 0 Å². The zero-order valence-corrected chi connectivity index (χ0v) is 11.1. The number of benzene rings is 1. The zero-order valence-electron chi connectivity index (χ0n) is 8.72. The predicted octanol–water partition coefficient (Wildman–Crippen LogP) is 1.22. The lowest BCUT2D eigenvalue weighted by Gasteiger charge is -2.03. The molecule has 0 bridgehead atoms. The number of rotatable bonds is 5. The fourth-order valence-corrected chi connectivity index (χ4v) is 2.95. The van der Waals surface area contributed by atoms with Crippen molar-refractivity contribution in [3.8, 4) is 0 Å². The molecule has 0 aliphatic carbocycles. The molecular weight excluding hydrogens is 282 g/mol. The van der Waals surface area contributed by atoms with Gasteiger partial charge in [0.1, 0.15) is 11.5 Å². The molecular formula is C10H10ClNO3S2. The number of thiocarbonyl (C=S) groups is 1. The Balaban J connectivity index is 2.79.